The molecule has 2 unspecified atom stereocenters. The van der Waals surface area contributed by atoms with Crippen molar-refractivity contribution in [1.29, 1.82) is 0 Å². The van der Waals surface area contributed by atoms with Gasteiger partial charge in [0.25, 0.3) is 0 Å². The Kier molecular flexibility index (Phi) is 0.758. The highest BCUT2D eigenvalue weighted by molar-refractivity contribution is 5.30. The number of hydrogen-bond donors (Lipinski definition) is 0. The van der Waals surface area contributed by atoms with Crippen molar-refractivity contribution in [2.24, 2.45) is 59.2 Å². The van der Waals surface area contributed by atoms with E-state index in [1.54, 1.807) is 25.7 Å². The van der Waals surface area contributed by atoms with E-state index < -0.39 is 0 Å². The average molecular weight is 186 g/mol. The molecule has 6 rings (SSSR count). The lowest BCUT2D eigenvalue weighted by Crippen LogP contribution is -2.84. The summed E-state index contributed by atoms with van der Waals surface area (Å²) in [5.41, 5.74) is 0. The Labute approximate surface area is 85.4 Å². The summed E-state index contributed by atoms with van der Waals surface area (Å²) in [7, 11) is 0. The van der Waals surface area contributed by atoms with E-state index in [0.717, 1.165) is 0 Å². The molecule has 14 heavy (non-hydrogen) atoms. The standard InChI is InChI=1S/C14H18/c1-2-6-5(1)9-10(6)14-12-8-4-3-7(8)11(12)13(9)14/h5-14H,1-4H2/t5-,6-,7+,8+,9-,10-,11+,12+,13?,14?. The Morgan fingerprint density at radius 1 is 0.357 bits per heavy atom. The second-order valence-electron chi connectivity index (χ2n) is 7.27. The van der Waals surface area contributed by atoms with Crippen LogP contribution in [0.1, 0.15) is 25.7 Å². The molecule has 0 nitrogen and oxygen atoms in total. The van der Waals surface area contributed by atoms with Crippen molar-refractivity contribution >= 4 is 0 Å². The highest BCUT2D eigenvalue weighted by Gasteiger charge is 2.82. The first-order chi connectivity index (χ1) is 6.97. The molecule has 0 radical (unpaired) electrons. The molecule has 0 heterocycles. The van der Waals surface area contributed by atoms with Crippen molar-refractivity contribution in [2.75, 3.05) is 0 Å². The minimum atomic E-state index is 1.27. The fourth-order valence-corrected chi connectivity index (χ4v) is 7.28. The van der Waals surface area contributed by atoms with E-state index in [2.05, 4.69) is 0 Å². The maximum Gasteiger partial charge on any atom is -0.0312 e. The Hall–Kier alpha value is 0. The lowest BCUT2D eigenvalue weighted by atomic mass is 9.17. The summed E-state index contributed by atoms with van der Waals surface area (Å²) < 4.78 is 0. The van der Waals surface area contributed by atoms with Crippen molar-refractivity contribution in [3.05, 3.63) is 0 Å². The molecule has 10 atom stereocenters. The topological polar surface area (TPSA) is 0 Å². The van der Waals surface area contributed by atoms with Crippen molar-refractivity contribution in [1.82, 2.24) is 0 Å². The highest BCUT2D eigenvalue weighted by Crippen LogP contribution is 2.87. The Balaban J connectivity index is 1.39. The van der Waals surface area contributed by atoms with Crippen molar-refractivity contribution < 1.29 is 0 Å². The number of fused-ring (bicyclic) bond motifs is 13. The minimum absolute atomic E-state index is 1.27. The molecule has 0 N–H and O–H groups in total. The molecule has 6 aliphatic rings. The van der Waals surface area contributed by atoms with E-state index >= 15 is 0 Å². The maximum atomic E-state index is 1.63. The van der Waals surface area contributed by atoms with E-state index in [4.69, 9.17) is 0 Å². The Morgan fingerprint density at radius 2 is 0.643 bits per heavy atom. The van der Waals surface area contributed by atoms with Crippen LogP contribution in [-0.4, -0.2) is 0 Å². The molecule has 0 amide bonds. The van der Waals surface area contributed by atoms with Crippen LogP contribution < -0.4 is 0 Å². The monoisotopic (exact) mass is 186 g/mol. The van der Waals surface area contributed by atoms with Gasteiger partial charge in [0.2, 0.25) is 0 Å². The predicted molar refractivity (Wildman–Crippen MR) is 53.4 cm³/mol. The zero-order valence-corrected chi connectivity index (χ0v) is 8.60. The summed E-state index contributed by atoms with van der Waals surface area (Å²) in [4.78, 5) is 0. The van der Waals surface area contributed by atoms with Gasteiger partial charge in [-0.2, -0.15) is 0 Å². The Bertz CT molecular complexity index is 280. The average Bonchev–Trinajstić information content (AvgIpc) is 2.10. The molecule has 0 aromatic heterocycles. The molecule has 6 saturated carbocycles. The second kappa shape index (κ2) is 1.62. The van der Waals surface area contributed by atoms with Gasteiger partial charge in [-0.15, -0.1) is 0 Å². The smallest absolute Gasteiger partial charge is 0.0312 e. The van der Waals surface area contributed by atoms with Crippen molar-refractivity contribution in [3.63, 3.8) is 0 Å². The SMILES string of the molecule is C1C[C@@H]2[C@@H]1[C@H]1C3C([C@H]21)[C@H]1[C@H]2CC[C@@H]2[C@H]31. The first kappa shape index (κ1) is 6.55. The van der Waals surface area contributed by atoms with E-state index in [-0.39, 0.29) is 0 Å². The zero-order valence-electron chi connectivity index (χ0n) is 8.60. The quantitative estimate of drug-likeness (QED) is 0.510. The molecule has 74 valence electrons. The van der Waals surface area contributed by atoms with Crippen LogP contribution in [0.2, 0.25) is 0 Å². The summed E-state index contributed by atoms with van der Waals surface area (Å²) in [5.74, 6) is 12.8. The van der Waals surface area contributed by atoms with Crippen LogP contribution in [0, 0.1) is 59.2 Å². The zero-order chi connectivity index (χ0) is 8.60. The van der Waals surface area contributed by atoms with Gasteiger partial charge in [0.1, 0.15) is 0 Å². The van der Waals surface area contributed by atoms with E-state index in [0.29, 0.717) is 0 Å². The van der Waals surface area contributed by atoms with E-state index in [1.807, 2.05) is 0 Å². The molecule has 0 aromatic carbocycles. The molecule has 6 aliphatic carbocycles. The van der Waals surface area contributed by atoms with Crippen molar-refractivity contribution in [3.8, 4) is 0 Å². The normalized spacial score (nSPS) is 84.0. The van der Waals surface area contributed by atoms with Gasteiger partial charge in [0, 0.05) is 0 Å². The third kappa shape index (κ3) is 0.378. The van der Waals surface area contributed by atoms with Gasteiger partial charge in [-0.1, -0.05) is 0 Å². The van der Waals surface area contributed by atoms with E-state index in [9.17, 15) is 0 Å². The molecule has 0 aromatic rings. The molecule has 0 bridgehead atoms. The first-order valence-electron chi connectivity index (χ1n) is 6.97. The van der Waals surface area contributed by atoms with Gasteiger partial charge in [0.15, 0.2) is 0 Å². The fraction of sp³-hybridized carbons (Fsp3) is 1.00. The van der Waals surface area contributed by atoms with Crippen LogP contribution in [0.5, 0.6) is 0 Å². The molecule has 0 spiro atoms. The summed E-state index contributed by atoms with van der Waals surface area (Å²) >= 11 is 0. The minimum Gasteiger partial charge on any atom is -0.0496 e. The van der Waals surface area contributed by atoms with Crippen LogP contribution in [-0.2, 0) is 0 Å². The molecule has 0 saturated heterocycles. The summed E-state index contributed by atoms with van der Waals surface area (Å²) in [5, 5.41) is 0. The molecular weight excluding hydrogens is 168 g/mol. The summed E-state index contributed by atoms with van der Waals surface area (Å²) in [6.07, 6.45) is 6.50. The number of rotatable bonds is 0. The van der Waals surface area contributed by atoms with Gasteiger partial charge >= 0.3 is 0 Å². The van der Waals surface area contributed by atoms with Gasteiger partial charge in [-0.25, -0.2) is 0 Å². The summed E-state index contributed by atoms with van der Waals surface area (Å²) in [6.45, 7) is 0. The van der Waals surface area contributed by atoms with Crippen LogP contribution in [0.3, 0.4) is 0 Å². The molecular formula is C14H18. The predicted octanol–water partition coefficient (Wildman–Crippen LogP) is 2.79. The molecule has 6 fully saturated rings. The maximum absolute atomic E-state index is 1.63. The van der Waals surface area contributed by atoms with Crippen LogP contribution in [0.15, 0.2) is 0 Å². The lowest BCUT2D eigenvalue weighted by molar-refractivity contribution is -0.408. The second-order valence-corrected chi connectivity index (χ2v) is 7.27. The lowest BCUT2D eigenvalue weighted by Gasteiger charge is -2.88. The van der Waals surface area contributed by atoms with Crippen LogP contribution in [0.25, 0.3) is 0 Å². The number of hydrogen-bond acceptors (Lipinski definition) is 0. The van der Waals surface area contributed by atoms with E-state index in [1.165, 1.54) is 59.2 Å². The Morgan fingerprint density at radius 3 is 0.857 bits per heavy atom. The molecule has 0 heteroatoms. The largest absolute Gasteiger partial charge is 0.0496 e. The van der Waals surface area contributed by atoms with Crippen molar-refractivity contribution in [2.45, 2.75) is 25.7 Å². The third-order valence-electron chi connectivity index (χ3n) is 7.86. The van der Waals surface area contributed by atoms with Gasteiger partial charge < -0.3 is 0 Å². The molecule has 0 aliphatic heterocycles. The fourth-order valence-electron chi connectivity index (χ4n) is 7.28. The van der Waals surface area contributed by atoms with Gasteiger partial charge in [-0.05, 0) is 84.9 Å². The first-order valence-corrected chi connectivity index (χ1v) is 6.97. The third-order valence-corrected chi connectivity index (χ3v) is 7.86. The summed E-state index contributed by atoms with van der Waals surface area (Å²) in [6, 6.07) is 0. The van der Waals surface area contributed by atoms with Crippen LogP contribution >= 0.6 is 0 Å². The highest BCUT2D eigenvalue weighted by atomic mass is 14.9. The van der Waals surface area contributed by atoms with Crippen LogP contribution in [0.4, 0.5) is 0 Å². The van der Waals surface area contributed by atoms with Gasteiger partial charge in [-0.3, -0.25) is 0 Å². The van der Waals surface area contributed by atoms with Gasteiger partial charge in [0.05, 0.1) is 0 Å².